The van der Waals surface area contributed by atoms with E-state index in [4.69, 9.17) is 0 Å². The fourth-order valence-corrected chi connectivity index (χ4v) is 2.40. The first kappa shape index (κ1) is 15.7. The highest BCUT2D eigenvalue weighted by atomic mass is 16.1. The molecule has 1 aliphatic rings. The van der Waals surface area contributed by atoms with Crippen LogP contribution in [-0.4, -0.2) is 18.1 Å². The molecule has 0 heterocycles. The number of fused-ring (bicyclic) bond motifs is 1. The molecule has 0 atom stereocenters. The third-order valence-corrected chi connectivity index (χ3v) is 3.69. The van der Waals surface area contributed by atoms with Crippen LogP contribution in [0.1, 0.15) is 34.1 Å². The van der Waals surface area contributed by atoms with Crippen LogP contribution in [0.25, 0.3) is 0 Å². The monoisotopic (exact) mass is 293 g/mol. The third-order valence-electron chi connectivity index (χ3n) is 3.69. The minimum atomic E-state index is -0.140. The first-order chi connectivity index (χ1) is 10.5. The smallest absolute Gasteiger partial charge is 0.194 e. The Morgan fingerprint density at radius 3 is 2.27 bits per heavy atom. The zero-order valence-electron chi connectivity index (χ0n) is 12.7. The van der Waals surface area contributed by atoms with Crippen LogP contribution in [0.2, 0.25) is 0 Å². The maximum atomic E-state index is 12.6. The molecule has 2 rings (SSSR count). The summed E-state index contributed by atoms with van der Waals surface area (Å²) in [5, 5.41) is 3.11. The van der Waals surface area contributed by atoms with Crippen LogP contribution >= 0.6 is 0 Å². The number of nitrogens with one attached hydrogen (secondary N) is 1. The van der Waals surface area contributed by atoms with E-state index in [1.165, 1.54) is 6.08 Å². The van der Waals surface area contributed by atoms with Crippen molar-refractivity contribution in [2.75, 3.05) is 6.54 Å². The Hall–Kier alpha value is -2.68. The highest BCUT2D eigenvalue weighted by molar-refractivity contribution is 6.27. The van der Waals surface area contributed by atoms with E-state index in [1.54, 1.807) is 24.3 Å². The molecule has 0 radical (unpaired) electrons. The lowest BCUT2D eigenvalue weighted by Gasteiger charge is -2.19. The number of hydrogen-bond acceptors (Lipinski definition) is 3. The van der Waals surface area contributed by atoms with Crippen molar-refractivity contribution in [1.82, 2.24) is 5.32 Å². The molecule has 1 aromatic carbocycles. The Bertz CT molecular complexity index is 723. The van der Waals surface area contributed by atoms with Gasteiger partial charge in [-0.15, -0.1) is 0 Å². The summed E-state index contributed by atoms with van der Waals surface area (Å²) >= 11 is 0. The summed E-state index contributed by atoms with van der Waals surface area (Å²) in [6.45, 7) is 13.7. The molecule has 22 heavy (non-hydrogen) atoms. The number of allylic oxidation sites excluding steroid dienone is 3. The summed E-state index contributed by atoms with van der Waals surface area (Å²) in [5.74, 6) is -0.244. The van der Waals surface area contributed by atoms with E-state index in [2.05, 4.69) is 25.1 Å². The predicted molar refractivity (Wildman–Crippen MR) is 88.9 cm³/mol. The van der Waals surface area contributed by atoms with Crippen LogP contribution in [0.5, 0.6) is 0 Å². The van der Waals surface area contributed by atoms with Crippen LogP contribution in [0, 0.1) is 0 Å². The van der Waals surface area contributed by atoms with Gasteiger partial charge in [0.15, 0.2) is 11.6 Å². The second-order valence-electron chi connectivity index (χ2n) is 5.24. The quantitative estimate of drug-likeness (QED) is 0.815. The molecule has 3 nitrogen and oxygen atoms in total. The maximum Gasteiger partial charge on any atom is 0.194 e. The molecule has 0 amide bonds. The van der Waals surface area contributed by atoms with E-state index in [0.717, 1.165) is 11.3 Å². The number of rotatable bonds is 6. The first-order valence-corrected chi connectivity index (χ1v) is 7.10. The molecule has 0 aromatic heterocycles. The average molecular weight is 293 g/mol. The number of ketones is 2. The van der Waals surface area contributed by atoms with Gasteiger partial charge in [-0.1, -0.05) is 50.1 Å². The number of benzene rings is 1. The minimum absolute atomic E-state index is 0.104. The fourth-order valence-electron chi connectivity index (χ4n) is 2.40. The number of hydrogen-bond donors (Lipinski definition) is 1. The van der Waals surface area contributed by atoms with Crippen molar-refractivity contribution in [2.24, 2.45) is 0 Å². The molecule has 112 valence electrons. The zero-order valence-corrected chi connectivity index (χ0v) is 12.7. The van der Waals surface area contributed by atoms with E-state index in [1.807, 2.05) is 6.92 Å². The molecule has 0 bridgehead atoms. The van der Waals surface area contributed by atoms with Crippen molar-refractivity contribution in [3.05, 3.63) is 83.6 Å². The molecule has 1 N–H and O–H groups in total. The third kappa shape index (κ3) is 2.84. The van der Waals surface area contributed by atoms with Gasteiger partial charge < -0.3 is 5.32 Å². The van der Waals surface area contributed by atoms with Gasteiger partial charge in [-0.3, -0.25) is 9.59 Å². The lowest BCUT2D eigenvalue weighted by molar-refractivity contribution is 0.0975. The predicted octanol–water partition coefficient (Wildman–Crippen LogP) is 3.62. The Morgan fingerprint density at radius 1 is 1.14 bits per heavy atom. The second-order valence-corrected chi connectivity index (χ2v) is 5.24. The minimum Gasteiger partial charge on any atom is -0.385 e. The van der Waals surface area contributed by atoms with Gasteiger partial charge in [0.25, 0.3) is 0 Å². The van der Waals surface area contributed by atoms with Gasteiger partial charge in [0.2, 0.25) is 0 Å². The maximum absolute atomic E-state index is 12.6. The topological polar surface area (TPSA) is 46.2 Å². The van der Waals surface area contributed by atoms with Crippen molar-refractivity contribution < 1.29 is 9.59 Å². The SMILES string of the molecule is C=CC1=C(CCNC(=C)C(=C)C)C(=O)c2ccccc2C1=O. The van der Waals surface area contributed by atoms with E-state index in [9.17, 15) is 9.59 Å². The van der Waals surface area contributed by atoms with E-state index >= 15 is 0 Å². The van der Waals surface area contributed by atoms with Gasteiger partial charge in [0, 0.05) is 34.5 Å². The van der Waals surface area contributed by atoms with E-state index in [0.29, 0.717) is 35.2 Å². The van der Waals surface area contributed by atoms with Crippen molar-refractivity contribution in [2.45, 2.75) is 13.3 Å². The van der Waals surface area contributed by atoms with Gasteiger partial charge in [0.05, 0.1) is 0 Å². The molecule has 1 aromatic rings. The molecule has 0 saturated carbocycles. The van der Waals surface area contributed by atoms with Crippen LogP contribution in [0.3, 0.4) is 0 Å². The lowest BCUT2D eigenvalue weighted by atomic mass is 9.83. The van der Waals surface area contributed by atoms with Crippen molar-refractivity contribution in [1.29, 1.82) is 0 Å². The Balaban J connectivity index is 2.27. The summed E-state index contributed by atoms with van der Waals surface area (Å²) in [4.78, 5) is 25.1. The van der Waals surface area contributed by atoms with Gasteiger partial charge in [0.1, 0.15) is 0 Å². The van der Waals surface area contributed by atoms with Gasteiger partial charge in [-0.05, 0) is 18.9 Å². The van der Waals surface area contributed by atoms with Crippen LogP contribution in [0.15, 0.2) is 72.5 Å². The largest absolute Gasteiger partial charge is 0.385 e. The standard InChI is InChI=1S/C19H19NO2/c1-5-14-17(10-11-20-13(4)12(2)3)19(22)16-9-7-6-8-15(16)18(14)21/h5-9,20H,1-2,4,10-11H2,3H3. The molecule has 0 aliphatic heterocycles. The Labute approximate surface area is 130 Å². The number of Topliss-reactive ketones (excluding diaryl/α,β-unsaturated/α-hetero) is 2. The molecule has 0 saturated heterocycles. The second kappa shape index (κ2) is 6.39. The summed E-state index contributed by atoms with van der Waals surface area (Å²) in [7, 11) is 0. The molecule has 0 unspecified atom stereocenters. The molecule has 1 aliphatic carbocycles. The van der Waals surface area contributed by atoms with Crippen LogP contribution < -0.4 is 5.32 Å². The van der Waals surface area contributed by atoms with Crippen molar-refractivity contribution in [3.63, 3.8) is 0 Å². The first-order valence-electron chi connectivity index (χ1n) is 7.10. The molecule has 3 heteroatoms. The van der Waals surface area contributed by atoms with Gasteiger partial charge in [-0.2, -0.15) is 0 Å². The summed E-state index contributed by atoms with van der Waals surface area (Å²) in [6.07, 6.45) is 1.91. The molecule has 0 fully saturated rings. The normalized spacial score (nSPS) is 13.7. The summed E-state index contributed by atoms with van der Waals surface area (Å²) < 4.78 is 0. The lowest BCUT2D eigenvalue weighted by Crippen LogP contribution is -2.24. The number of carbonyl (C=O) groups is 2. The van der Waals surface area contributed by atoms with Gasteiger partial charge in [-0.25, -0.2) is 0 Å². The summed E-state index contributed by atoms with van der Waals surface area (Å²) in [6, 6.07) is 6.89. The molecular weight excluding hydrogens is 274 g/mol. The van der Waals surface area contributed by atoms with Crippen LogP contribution in [0.4, 0.5) is 0 Å². The number of carbonyl (C=O) groups excluding carboxylic acids is 2. The molecular formula is C19H19NO2. The average Bonchev–Trinajstić information content (AvgIpc) is 2.52. The van der Waals surface area contributed by atoms with Gasteiger partial charge >= 0.3 is 0 Å². The summed E-state index contributed by atoms with van der Waals surface area (Å²) in [5.41, 5.74) is 3.38. The zero-order chi connectivity index (χ0) is 16.3. The Morgan fingerprint density at radius 2 is 1.73 bits per heavy atom. The highest BCUT2D eigenvalue weighted by Gasteiger charge is 2.29. The van der Waals surface area contributed by atoms with Crippen LogP contribution in [-0.2, 0) is 0 Å². The Kier molecular flexibility index (Phi) is 4.56. The highest BCUT2D eigenvalue weighted by Crippen LogP contribution is 2.28. The fraction of sp³-hybridized carbons (Fsp3) is 0.158. The van der Waals surface area contributed by atoms with E-state index in [-0.39, 0.29) is 11.6 Å². The van der Waals surface area contributed by atoms with E-state index < -0.39 is 0 Å². The molecule has 0 spiro atoms. The van der Waals surface area contributed by atoms with Crippen molar-refractivity contribution in [3.8, 4) is 0 Å². The van der Waals surface area contributed by atoms with Crippen molar-refractivity contribution >= 4 is 11.6 Å².